The van der Waals surface area contributed by atoms with Gasteiger partial charge in [0.15, 0.2) is 0 Å². The molecule has 3 nitrogen and oxygen atoms in total. The molecule has 0 bridgehead atoms. The van der Waals surface area contributed by atoms with Crippen LogP contribution >= 0.6 is 0 Å². The number of carbonyl (C=O) groups is 1. The SMILES string of the molecule is O=C(C1CC1c1ccccc1)N1CCC(CO)C1. The van der Waals surface area contributed by atoms with Gasteiger partial charge in [0.05, 0.1) is 0 Å². The van der Waals surface area contributed by atoms with Crippen molar-refractivity contribution < 1.29 is 9.90 Å². The fraction of sp³-hybridized carbons (Fsp3) is 0.533. The van der Waals surface area contributed by atoms with Gasteiger partial charge in [-0.15, -0.1) is 0 Å². The van der Waals surface area contributed by atoms with E-state index in [0.29, 0.717) is 17.7 Å². The van der Waals surface area contributed by atoms with Crippen LogP contribution in [0.15, 0.2) is 30.3 Å². The van der Waals surface area contributed by atoms with Gasteiger partial charge in [-0.05, 0) is 24.3 Å². The summed E-state index contributed by atoms with van der Waals surface area (Å²) in [4.78, 5) is 14.2. The van der Waals surface area contributed by atoms with Crippen LogP contribution in [0.3, 0.4) is 0 Å². The van der Waals surface area contributed by atoms with Gasteiger partial charge < -0.3 is 10.0 Å². The molecule has 1 heterocycles. The molecule has 0 aromatic heterocycles. The molecule has 1 aliphatic heterocycles. The van der Waals surface area contributed by atoms with Gasteiger partial charge in [0.25, 0.3) is 0 Å². The van der Waals surface area contributed by atoms with E-state index in [1.54, 1.807) is 0 Å². The summed E-state index contributed by atoms with van der Waals surface area (Å²) in [6.45, 7) is 1.77. The van der Waals surface area contributed by atoms with E-state index in [0.717, 1.165) is 25.9 Å². The van der Waals surface area contributed by atoms with Crippen molar-refractivity contribution in [1.82, 2.24) is 4.90 Å². The Kier molecular flexibility index (Phi) is 3.08. The molecule has 3 rings (SSSR count). The molecule has 2 fully saturated rings. The van der Waals surface area contributed by atoms with Gasteiger partial charge in [0, 0.05) is 31.5 Å². The standard InChI is InChI=1S/C15H19NO2/c17-10-11-6-7-16(9-11)15(18)14-8-13(14)12-4-2-1-3-5-12/h1-5,11,13-14,17H,6-10H2. The lowest BCUT2D eigenvalue weighted by molar-refractivity contribution is -0.131. The zero-order chi connectivity index (χ0) is 12.5. The molecule has 1 saturated carbocycles. The van der Waals surface area contributed by atoms with E-state index in [1.165, 1.54) is 5.56 Å². The number of amides is 1. The minimum absolute atomic E-state index is 0.185. The fourth-order valence-corrected chi connectivity index (χ4v) is 2.95. The number of nitrogens with zero attached hydrogens (tertiary/aromatic N) is 1. The number of aliphatic hydroxyl groups is 1. The van der Waals surface area contributed by atoms with Crippen molar-refractivity contribution in [2.75, 3.05) is 19.7 Å². The first-order valence-electron chi connectivity index (χ1n) is 6.74. The highest BCUT2D eigenvalue weighted by Gasteiger charge is 2.46. The van der Waals surface area contributed by atoms with Gasteiger partial charge in [0.1, 0.15) is 0 Å². The largest absolute Gasteiger partial charge is 0.396 e. The minimum Gasteiger partial charge on any atom is -0.396 e. The van der Waals surface area contributed by atoms with Crippen LogP contribution in [-0.4, -0.2) is 35.6 Å². The molecule has 3 heteroatoms. The lowest BCUT2D eigenvalue weighted by atomic mass is 10.1. The zero-order valence-electron chi connectivity index (χ0n) is 10.5. The number of benzene rings is 1. The molecule has 1 aromatic rings. The molecule has 3 unspecified atom stereocenters. The van der Waals surface area contributed by atoms with Crippen molar-refractivity contribution in [2.24, 2.45) is 11.8 Å². The Labute approximate surface area is 107 Å². The summed E-state index contributed by atoms with van der Waals surface area (Å²) >= 11 is 0. The van der Waals surface area contributed by atoms with Crippen molar-refractivity contribution >= 4 is 5.91 Å². The molecule has 18 heavy (non-hydrogen) atoms. The van der Waals surface area contributed by atoms with Crippen molar-refractivity contribution in [3.05, 3.63) is 35.9 Å². The van der Waals surface area contributed by atoms with Gasteiger partial charge in [-0.25, -0.2) is 0 Å². The van der Waals surface area contributed by atoms with Crippen molar-refractivity contribution in [3.8, 4) is 0 Å². The first-order valence-corrected chi connectivity index (χ1v) is 6.74. The molecule has 96 valence electrons. The summed E-state index contributed by atoms with van der Waals surface area (Å²) in [6.07, 6.45) is 1.94. The number of rotatable bonds is 3. The first kappa shape index (κ1) is 11.7. The second-order valence-corrected chi connectivity index (χ2v) is 5.48. The van der Waals surface area contributed by atoms with Crippen molar-refractivity contribution in [1.29, 1.82) is 0 Å². The molecular weight excluding hydrogens is 226 g/mol. The monoisotopic (exact) mass is 245 g/mol. The predicted molar refractivity (Wildman–Crippen MR) is 69.1 cm³/mol. The lowest BCUT2D eigenvalue weighted by Gasteiger charge is -2.16. The van der Waals surface area contributed by atoms with Gasteiger partial charge in [-0.1, -0.05) is 30.3 Å². The molecule has 1 aromatic carbocycles. The fourth-order valence-electron chi connectivity index (χ4n) is 2.95. The van der Waals surface area contributed by atoms with Gasteiger partial charge >= 0.3 is 0 Å². The highest BCUT2D eigenvalue weighted by atomic mass is 16.3. The van der Waals surface area contributed by atoms with Crippen LogP contribution in [0.2, 0.25) is 0 Å². The van der Waals surface area contributed by atoms with Crippen LogP contribution in [0.4, 0.5) is 0 Å². The molecule has 0 radical (unpaired) electrons. The first-order chi connectivity index (χ1) is 8.79. The molecule has 1 saturated heterocycles. The molecular formula is C15H19NO2. The van der Waals surface area contributed by atoms with Crippen molar-refractivity contribution in [3.63, 3.8) is 0 Å². The average molecular weight is 245 g/mol. The van der Waals surface area contributed by atoms with Crippen LogP contribution in [-0.2, 0) is 4.79 Å². The Morgan fingerprint density at radius 1 is 1.33 bits per heavy atom. The number of hydrogen-bond donors (Lipinski definition) is 1. The number of hydrogen-bond acceptors (Lipinski definition) is 2. The molecule has 1 N–H and O–H groups in total. The Bertz CT molecular complexity index is 431. The number of likely N-dealkylation sites (tertiary alicyclic amines) is 1. The van der Waals surface area contributed by atoms with Crippen LogP contribution in [0.5, 0.6) is 0 Å². The highest BCUT2D eigenvalue weighted by molar-refractivity contribution is 5.83. The Morgan fingerprint density at radius 3 is 2.78 bits per heavy atom. The quantitative estimate of drug-likeness (QED) is 0.879. The summed E-state index contributed by atoms with van der Waals surface area (Å²) in [5.41, 5.74) is 1.29. The van der Waals surface area contributed by atoms with E-state index in [1.807, 2.05) is 23.1 Å². The second kappa shape index (κ2) is 4.73. The van der Waals surface area contributed by atoms with Crippen LogP contribution < -0.4 is 0 Å². The summed E-state index contributed by atoms with van der Waals surface area (Å²) in [5, 5.41) is 9.11. The van der Waals surface area contributed by atoms with Crippen LogP contribution in [0.1, 0.15) is 24.3 Å². The van der Waals surface area contributed by atoms with Crippen LogP contribution in [0.25, 0.3) is 0 Å². The average Bonchev–Trinajstić information content (AvgIpc) is 3.08. The maximum absolute atomic E-state index is 12.3. The van der Waals surface area contributed by atoms with Gasteiger partial charge in [0.2, 0.25) is 5.91 Å². The Hall–Kier alpha value is -1.35. The maximum Gasteiger partial charge on any atom is 0.226 e. The smallest absolute Gasteiger partial charge is 0.226 e. The second-order valence-electron chi connectivity index (χ2n) is 5.48. The summed E-state index contributed by atoms with van der Waals surface area (Å²) in [7, 11) is 0. The highest BCUT2D eigenvalue weighted by Crippen LogP contribution is 2.48. The third kappa shape index (κ3) is 2.15. The molecule has 2 aliphatic rings. The summed E-state index contributed by atoms with van der Waals surface area (Å²) in [5.74, 6) is 1.19. The maximum atomic E-state index is 12.3. The van der Waals surface area contributed by atoms with E-state index in [4.69, 9.17) is 5.11 Å². The zero-order valence-corrected chi connectivity index (χ0v) is 10.5. The third-order valence-corrected chi connectivity index (χ3v) is 4.19. The Morgan fingerprint density at radius 2 is 2.11 bits per heavy atom. The third-order valence-electron chi connectivity index (χ3n) is 4.19. The number of aliphatic hydroxyl groups excluding tert-OH is 1. The van der Waals surface area contributed by atoms with E-state index >= 15 is 0 Å². The lowest BCUT2D eigenvalue weighted by Crippen LogP contribution is -2.30. The summed E-state index contributed by atoms with van der Waals surface area (Å²) < 4.78 is 0. The molecule has 3 atom stereocenters. The predicted octanol–water partition coefficient (Wildman–Crippen LogP) is 1.63. The van der Waals surface area contributed by atoms with E-state index in [9.17, 15) is 4.79 Å². The molecule has 1 aliphatic carbocycles. The molecule has 1 amide bonds. The van der Waals surface area contributed by atoms with Crippen molar-refractivity contribution in [2.45, 2.75) is 18.8 Å². The van der Waals surface area contributed by atoms with E-state index in [2.05, 4.69) is 12.1 Å². The summed E-state index contributed by atoms with van der Waals surface area (Å²) in [6, 6.07) is 10.3. The van der Waals surface area contributed by atoms with E-state index < -0.39 is 0 Å². The number of carbonyl (C=O) groups excluding carboxylic acids is 1. The normalized spacial score (nSPS) is 30.5. The molecule has 0 spiro atoms. The van der Waals surface area contributed by atoms with Gasteiger partial charge in [-0.2, -0.15) is 0 Å². The minimum atomic E-state index is 0.185. The Balaban J connectivity index is 1.60. The van der Waals surface area contributed by atoms with Gasteiger partial charge in [-0.3, -0.25) is 4.79 Å². The van der Waals surface area contributed by atoms with Crippen LogP contribution in [0, 0.1) is 11.8 Å². The topological polar surface area (TPSA) is 40.5 Å². The van der Waals surface area contributed by atoms with E-state index in [-0.39, 0.29) is 12.5 Å².